The van der Waals surface area contributed by atoms with Gasteiger partial charge in [0, 0.05) is 38.9 Å². The van der Waals surface area contributed by atoms with E-state index in [4.69, 9.17) is 0 Å². The quantitative estimate of drug-likeness (QED) is 0.179. The molecule has 2 N–H and O–H groups in total. The van der Waals surface area contributed by atoms with Crippen LogP contribution >= 0.6 is 0 Å². The van der Waals surface area contributed by atoms with Crippen LogP contribution in [0, 0.1) is 0 Å². The smallest absolute Gasteiger partial charge is 0.124 e. The van der Waals surface area contributed by atoms with Crippen LogP contribution in [0.3, 0.4) is 0 Å². The highest BCUT2D eigenvalue weighted by Crippen LogP contribution is 2.64. The highest BCUT2D eigenvalue weighted by molar-refractivity contribution is 6.17. The maximum Gasteiger partial charge on any atom is 0.124 e. The lowest BCUT2D eigenvalue weighted by Crippen LogP contribution is -2.48. The molecule has 7 aromatic rings. The SMILES string of the molecule is C=C/C(=C\C=C/C)C1=CC(c2ccccc2)=CC(N2c3ccccc3C3(c4ccccc4-c4c3ccc3[nH]c5ccccc5c43)c3ccccc32)N1. The molecule has 248 valence electrons. The first-order valence-corrected chi connectivity index (χ1v) is 18.1. The summed E-state index contributed by atoms with van der Waals surface area (Å²) in [6.07, 6.45) is 12.6. The topological polar surface area (TPSA) is 31.1 Å². The Morgan fingerprint density at radius 2 is 1.37 bits per heavy atom. The molecule has 1 atom stereocenters. The number of aromatic amines is 1. The molecule has 52 heavy (non-hydrogen) atoms. The fourth-order valence-electron chi connectivity index (χ4n) is 9.06. The lowest BCUT2D eigenvalue weighted by atomic mass is 9.64. The summed E-state index contributed by atoms with van der Waals surface area (Å²) in [4.78, 5) is 6.23. The number of H-pyrrole nitrogens is 1. The van der Waals surface area contributed by atoms with Gasteiger partial charge in [-0.3, -0.25) is 0 Å². The van der Waals surface area contributed by atoms with Crippen LogP contribution in [0.15, 0.2) is 194 Å². The minimum absolute atomic E-state index is 0.184. The van der Waals surface area contributed by atoms with Crippen LogP contribution in [-0.2, 0) is 5.41 Å². The van der Waals surface area contributed by atoms with Gasteiger partial charge in [-0.1, -0.05) is 146 Å². The number of nitrogens with zero attached hydrogens (tertiary/aromatic N) is 1. The highest BCUT2D eigenvalue weighted by atomic mass is 15.3. The molecule has 10 rings (SSSR count). The van der Waals surface area contributed by atoms with E-state index in [0.717, 1.165) is 16.8 Å². The van der Waals surface area contributed by atoms with Crippen LogP contribution < -0.4 is 10.2 Å². The van der Waals surface area contributed by atoms with Gasteiger partial charge in [0.25, 0.3) is 0 Å². The first kappa shape index (κ1) is 30.3. The number of nitrogens with one attached hydrogen (secondary N) is 2. The normalized spacial score (nSPS) is 17.0. The third-order valence-corrected chi connectivity index (χ3v) is 11.1. The zero-order valence-electron chi connectivity index (χ0n) is 29.0. The van der Waals surface area contributed by atoms with E-state index in [-0.39, 0.29) is 6.17 Å². The van der Waals surface area contributed by atoms with E-state index >= 15 is 0 Å². The lowest BCUT2D eigenvalue weighted by Gasteiger charge is -2.47. The average molecular weight is 668 g/mol. The van der Waals surface area contributed by atoms with Gasteiger partial charge in [0.1, 0.15) is 6.17 Å². The Bertz CT molecular complexity index is 2650. The molecule has 0 fully saturated rings. The summed E-state index contributed by atoms with van der Waals surface area (Å²) in [5.74, 6) is 0. The molecule has 3 nitrogen and oxygen atoms in total. The first-order chi connectivity index (χ1) is 25.7. The predicted molar refractivity (Wildman–Crippen MR) is 218 cm³/mol. The van der Waals surface area contributed by atoms with Gasteiger partial charge in [-0.05, 0) is 93.4 Å². The van der Waals surface area contributed by atoms with E-state index in [2.05, 4.69) is 192 Å². The van der Waals surface area contributed by atoms with Crippen molar-refractivity contribution in [2.75, 3.05) is 4.90 Å². The van der Waals surface area contributed by atoms with Crippen molar-refractivity contribution >= 4 is 38.8 Å². The number of anilines is 2. The molecule has 3 heterocycles. The zero-order valence-corrected chi connectivity index (χ0v) is 29.0. The molecule has 0 bridgehead atoms. The van der Waals surface area contributed by atoms with Gasteiger partial charge >= 0.3 is 0 Å². The maximum absolute atomic E-state index is 4.21. The van der Waals surface area contributed by atoms with Crippen molar-refractivity contribution in [3.05, 3.63) is 222 Å². The number of fused-ring (bicyclic) bond motifs is 13. The van der Waals surface area contributed by atoms with E-state index < -0.39 is 5.41 Å². The van der Waals surface area contributed by atoms with E-state index in [9.17, 15) is 0 Å². The number of aromatic nitrogens is 1. The molecule has 1 spiro atoms. The molecular formula is C49H37N3. The van der Waals surface area contributed by atoms with Crippen LogP contribution in [0.1, 0.15) is 34.7 Å². The van der Waals surface area contributed by atoms with Gasteiger partial charge in [0.05, 0.1) is 5.41 Å². The number of para-hydroxylation sites is 3. The Morgan fingerprint density at radius 1 is 0.692 bits per heavy atom. The first-order valence-electron chi connectivity index (χ1n) is 18.1. The molecule has 1 unspecified atom stereocenters. The molecule has 1 aliphatic carbocycles. The van der Waals surface area contributed by atoms with Crippen molar-refractivity contribution in [1.29, 1.82) is 0 Å². The van der Waals surface area contributed by atoms with Crippen molar-refractivity contribution in [3.8, 4) is 11.1 Å². The number of hydrogen-bond donors (Lipinski definition) is 2. The summed E-state index contributed by atoms with van der Waals surface area (Å²) in [5.41, 5.74) is 16.4. The third-order valence-electron chi connectivity index (χ3n) is 11.1. The van der Waals surface area contributed by atoms with Crippen LogP contribution in [0.2, 0.25) is 0 Å². The van der Waals surface area contributed by atoms with Gasteiger partial charge in [-0.2, -0.15) is 0 Å². The van der Waals surface area contributed by atoms with E-state index in [1.165, 1.54) is 72.2 Å². The van der Waals surface area contributed by atoms with E-state index in [1.807, 2.05) is 13.0 Å². The molecule has 0 saturated heterocycles. The number of rotatable bonds is 5. The van der Waals surface area contributed by atoms with Crippen molar-refractivity contribution in [1.82, 2.24) is 10.3 Å². The Balaban J connectivity index is 1.25. The van der Waals surface area contributed by atoms with Crippen LogP contribution in [-0.4, -0.2) is 11.1 Å². The van der Waals surface area contributed by atoms with Crippen LogP contribution in [0.25, 0.3) is 38.5 Å². The number of dihydropyridines is 1. The Hall–Kier alpha value is -6.58. The molecule has 0 saturated carbocycles. The molecule has 0 amide bonds. The van der Waals surface area contributed by atoms with Crippen molar-refractivity contribution in [3.63, 3.8) is 0 Å². The second-order valence-electron chi connectivity index (χ2n) is 13.8. The van der Waals surface area contributed by atoms with Crippen molar-refractivity contribution in [2.24, 2.45) is 0 Å². The van der Waals surface area contributed by atoms with Gasteiger partial charge in [0.2, 0.25) is 0 Å². The molecular weight excluding hydrogens is 631 g/mol. The largest absolute Gasteiger partial charge is 0.361 e. The van der Waals surface area contributed by atoms with Gasteiger partial charge in [0.15, 0.2) is 0 Å². The van der Waals surface area contributed by atoms with Crippen molar-refractivity contribution in [2.45, 2.75) is 18.5 Å². The Kier molecular flexibility index (Phi) is 6.84. The summed E-state index contributed by atoms with van der Waals surface area (Å²) in [6, 6.07) is 51.2. The Labute approximate surface area is 304 Å². The highest BCUT2D eigenvalue weighted by Gasteiger charge is 2.52. The van der Waals surface area contributed by atoms with Crippen molar-refractivity contribution < 1.29 is 0 Å². The van der Waals surface area contributed by atoms with E-state index in [0.29, 0.717) is 0 Å². The molecule has 6 aromatic carbocycles. The number of benzene rings is 6. The number of allylic oxidation sites excluding steroid dienone is 6. The lowest BCUT2D eigenvalue weighted by molar-refractivity contribution is 0.646. The Morgan fingerprint density at radius 3 is 2.12 bits per heavy atom. The zero-order chi connectivity index (χ0) is 34.8. The van der Waals surface area contributed by atoms with Gasteiger partial charge in [-0.15, -0.1) is 0 Å². The van der Waals surface area contributed by atoms with Gasteiger partial charge in [-0.25, -0.2) is 0 Å². The molecule has 2 aliphatic heterocycles. The molecule has 0 radical (unpaired) electrons. The minimum Gasteiger partial charge on any atom is -0.361 e. The number of hydrogen-bond acceptors (Lipinski definition) is 2. The van der Waals surface area contributed by atoms with E-state index in [1.54, 1.807) is 0 Å². The summed E-state index contributed by atoms with van der Waals surface area (Å²) in [6.45, 7) is 6.25. The average Bonchev–Trinajstić information content (AvgIpc) is 3.73. The summed E-state index contributed by atoms with van der Waals surface area (Å²) >= 11 is 0. The predicted octanol–water partition coefficient (Wildman–Crippen LogP) is 11.7. The fourth-order valence-corrected chi connectivity index (χ4v) is 9.06. The van der Waals surface area contributed by atoms with Crippen LogP contribution in [0.4, 0.5) is 11.4 Å². The minimum atomic E-state index is -0.514. The molecule has 3 heteroatoms. The monoisotopic (exact) mass is 667 g/mol. The van der Waals surface area contributed by atoms with Gasteiger partial charge < -0.3 is 15.2 Å². The second-order valence-corrected chi connectivity index (χ2v) is 13.8. The molecule has 1 aromatic heterocycles. The maximum atomic E-state index is 4.21. The summed E-state index contributed by atoms with van der Waals surface area (Å²) in [7, 11) is 0. The third kappa shape index (κ3) is 4.20. The summed E-state index contributed by atoms with van der Waals surface area (Å²) in [5, 5.41) is 6.50. The molecule has 3 aliphatic rings. The standard InChI is InChI=1S/C49H37N3/c1-3-5-17-32(4-2)43-30-34(33-18-7-6-8-19-33)31-46(51-43)52-44-26-15-12-23-38(44)49(39-24-13-16-27-45(39)52)37-22-11-9-20-35(37)47-40(49)28-29-42-48(47)36-21-10-14-25-41(36)50-42/h3-31,46,50-51H,2H2,1H3/b5-3-,32-17+. The van der Waals surface area contributed by atoms with Crippen LogP contribution in [0.5, 0.6) is 0 Å². The second kappa shape index (κ2) is 11.8. The summed E-state index contributed by atoms with van der Waals surface area (Å²) < 4.78 is 0. The fraction of sp³-hybridized carbons (Fsp3) is 0.0612.